The molecule has 38 heavy (non-hydrogen) atoms. The maximum Gasteiger partial charge on any atom is 0.249 e. The number of rotatable bonds is 12. The Bertz CT molecular complexity index is 1150. The topological polar surface area (TPSA) is 152 Å². The minimum absolute atomic E-state index is 0.00647. The summed E-state index contributed by atoms with van der Waals surface area (Å²) in [5.74, 6) is -0.338. The van der Waals surface area contributed by atoms with Crippen molar-refractivity contribution in [2.45, 2.75) is 49.5 Å². The van der Waals surface area contributed by atoms with Crippen LogP contribution in [0, 0.1) is 5.92 Å². The number of allylic oxidation sites excluding steroid dienone is 1. The van der Waals surface area contributed by atoms with E-state index < -0.39 is 10.4 Å². The Morgan fingerprint density at radius 2 is 2.08 bits per heavy atom. The maximum atomic E-state index is 13.1. The predicted octanol–water partition coefficient (Wildman–Crippen LogP) is 0.847. The zero-order valence-electron chi connectivity index (χ0n) is 21.8. The molecule has 206 valence electrons. The van der Waals surface area contributed by atoms with Gasteiger partial charge in [0.15, 0.2) is 0 Å². The molecule has 0 radical (unpaired) electrons. The van der Waals surface area contributed by atoms with Crippen LogP contribution in [0.3, 0.4) is 0 Å². The van der Waals surface area contributed by atoms with Gasteiger partial charge in [0, 0.05) is 50.1 Å². The van der Waals surface area contributed by atoms with Gasteiger partial charge < -0.3 is 26.0 Å². The van der Waals surface area contributed by atoms with Gasteiger partial charge in [-0.25, -0.2) is 0 Å². The van der Waals surface area contributed by atoms with Crippen molar-refractivity contribution in [1.29, 1.82) is 0 Å². The van der Waals surface area contributed by atoms with E-state index in [2.05, 4.69) is 15.6 Å². The zero-order valence-corrected chi connectivity index (χ0v) is 23.3. The number of nitrogens with two attached hydrogens (primary N) is 2. The lowest BCUT2D eigenvalue weighted by atomic mass is 10.0. The molecule has 1 aromatic carbocycles. The number of benzene rings is 1. The van der Waals surface area contributed by atoms with Crippen LogP contribution in [0.2, 0.25) is 0 Å². The molecular weight excluding hydrogens is 531 g/mol. The van der Waals surface area contributed by atoms with Gasteiger partial charge in [-0.15, -0.1) is 23.2 Å². The summed E-state index contributed by atoms with van der Waals surface area (Å²) in [5.41, 5.74) is 7.26. The third-order valence-electron chi connectivity index (χ3n) is 6.66. The summed E-state index contributed by atoms with van der Waals surface area (Å²) in [6.45, 7) is 3.73. The first-order chi connectivity index (χ1) is 17.9. The smallest absolute Gasteiger partial charge is 0.249 e. The Labute approximate surface area is 232 Å². The Balaban J connectivity index is 1.65. The molecule has 2 fully saturated rings. The second-order valence-electron chi connectivity index (χ2n) is 9.58. The number of hydrogen-bond acceptors (Lipinski definition) is 7. The number of hydrogen-bond donors (Lipinski definition) is 4. The maximum absolute atomic E-state index is 13.1. The Morgan fingerprint density at radius 3 is 2.71 bits per heavy atom. The summed E-state index contributed by atoms with van der Waals surface area (Å²) < 4.78 is 4.90. The number of aliphatic imine (C=N–C) groups is 1. The van der Waals surface area contributed by atoms with Gasteiger partial charge in [-0.05, 0) is 50.5 Å². The highest BCUT2D eigenvalue weighted by Gasteiger charge is 2.55. The number of carbonyl (C=O) groups is 3. The van der Waals surface area contributed by atoms with Crippen LogP contribution < -0.4 is 26.5 Å². The number of nitrogens with zero attached hydrogens (tertiary/aromatic N) is 2. The molecule has 12 heteroatoms. The number of likely N-dealkylation sites (tertiary alicyclic amines) is 1. The van der Waals surface area contributed by atoms with Crippen LogP contribution in [-0.4, -0.2) is 77.6 Å². The van der Waals surface area contributed by atoms with E-state index in [4.69, 9.17) is 39.1 Å². The molecule has 1 aromatic rings. The molecule has 3 rings (SSSR count). The van der Waals surface area contributed by atoms with E-state index in [0.29, 0.717) is 42.1 Å². The van der Waals surface area contributed by atoms with Crippen molar-refractivity contribution in [2.75, 3.05) is 32.1 Å². The molecule has 1 aliphatic heterocycles. The van der Waals surface area contributed by atoms with Crippen LogP contribution in [0.5, 0.6) is 5.75 Å². The van der Waals surface area contributed by atoms with Crippen molar-refractivity contribution < 1.29 is 24.5 Å². The van der Waals surface area contributed by atoms with E-state index in [0.717, 1.165) is 6.42 Å². The largest absolute Gasteiger partial charge is 0.487 e. The number of halogens is 2. The molecule has 1 heterocycles. The Hall–Kier alpha value is -3.11. The molecule has 0 aromatic heterocycles. The summed E-state index contributed by atoms with van der Waals surface area (Å²) in [5, 5.41) is 12.1. The molecule has 6 N–H and O–H groups in total. The monoisotopic (exact) mass is 565 g/mol. The fourth-order valence-corrected chi connectivity index (χ4v) is 5.08. The number of carbonyl (C=O) groups excluding carboxylic acids is 3. The Kier molecular flexibility index (Phi) is 9.78. The number of Topliss-reactive ketones (excluding diaryl/α,β-unsaturated/α-hetero) is 1. The highest BCUT2D eigenvalue weighted by Crippen LogP contribution is 2.54. The standard InChI is InChI=1S/C26H34Cl2N6O4/c1-15(20-12-26(20,27)28)33-25(37)22-5-4-10-34(22)23(36)13-32-21-7-6-18(11-19(21)24(30)16(2)35)38-14-17(29)8-9-31-3/h6-9,11,15,20,22,30,32H,4-5,10,12-14,29H2,1-3H3,(H,33,37)/p+1/b17-8-,30-24?,31-9?/t15-,20-,22+/m1/s1. The molecule has 1 saturated carbocycles. The lowest BCUT2D eigenvalue weighted by molar-refractivity contribution is -0.137. The summed E-state index contributed by atoms with van der Waals surface area (Å²) in [7, 11) is 1.63. The number of amides is 2. The molecule has 1 aliphatic carbocycles. The van der Waals surface area contributed by atoms with Crippen LogP contribution in [0.15, 0.2) is 35.0 Å². The molecule has 3 atom stereocenters. The number of nitrogens with one attached hydrogen (secondary N) is 2. The summed E-state index contributed by atoms with van der Waals surface area (Å²) in [6, 6.07) is 4.23. The zero-order chi connectivity index (χ0) is 28.0. The first kappa shape index (κ1) is 29.4. The normalized spacial score (nSPS) is 21.2. The van der Waals surface area contributed by atoms with E-state index in [9.17, 15) is 14.4 Å². The first-order valence-corrected chi connectivity index (χ1v) is 13.2. The lowest BCUT2D eigenvalue weighted by Gasteiger charge is -2.26. The highest BCUT2D eigenvalue weighted by molar-refractivity contribution is 6.51. The van der Waals surface area contributed by atoms with Crippen LogP contribution >= 0.6 is 23.2 Å². The van der Waals surface area contributed by atoms with E-state index in [-0.39, 0.29) is 48.4 Å². The molecular formula is C26H35Cl2N6O4+. The van der Waals surface area contributed by atoms with E-state index >= 15 is 0 Å². The van der Waals surface area contributed by atoms with Crippen LogP contribution in [0.4, 0.5) is 5.69 Å². The van der Waals surface area contributed by atoms with Gasteiger partial charge in [0.05, 0.1) is 12.1 Å². The average Bonchev–Trinajstić information content (AvgIpc) is 3.27. The third kappa shape index (κ3) is 7.48. The third-order valence-corrected chi connectivity index (χ3v) is 7.53. The quantitative estimate of drug-likeness (QED) is 0.218. The highest BCUT2D eigenvalue weighted by atomic mass is 35.5. The van der Waals surface area contributed by atoms with Crippen molar-refractivity contribution in [1.82, 2.24) is 10.2 Å². The van der Waals surface area contributed by atoms with Gasteiger partial charge in [0.25, 0.3) is 0 Å². The number of anilines is 1. The van der Waals surface area contributed by atoms with Gasteiger partial charge in [-0.1, -0.05) is 0 Å². The number of alkyl halides is 2. The van der Waals surface area contributed by atoms with Gasteiger partial charge >= 0.3 is 0 Å². The fraction of sp³-hybridized carbons (Fsp3) is 0.500. The molecule has 0 unspecified atom stereocenters. The van der Waals surface area contributed by atoms with Crippen molar-refractivity contribution >= 4 is 58.4 Å². The van der Waals surface area contributed by atoms with E-state index in [1.807, 2.05) is 6.92 Å². The van der Waals surface area contributed by atoms with Crippen molar-refractivity contribution in [3.63, 3.8) is 0 Å². The van der Waals surface area contributed by atoms with Crippen LogP contribution in [0.1, 0.15) is 38.7 Å². The van der Waals surface area contributed by atoms with Crippen molar-refractivity contribution in [3.05, 3.63) is 35.5 Å². The molecule has 1 saturated heterocycles. The van der Waals surface area contributed by atoms with Crippen molar-refractivity contribution in [2.24, 2.45) is 16.6 Å². The molecule has 10 nitrogen and oxygen atoms in total. The lowest BCUT2D eigenvalue weighted by Crippen LogP contribution is -2.50. The van der Waals surface area contributed by atoms with Crippen LogP contribution in [0.25, 0.3) is 0 Å². The number of ether oxygens (including phenoxy) is 1. The molecule has 0 spiro atoms. The van der Waals surface area contributed by atoms with Gasteiger partial charge in [-0.2, -0.15) is 0 Å². The first-order valence-electron chi connectivity index (χ1n) is 12.4. The average molecular weight is 567 g/mol. The van der Waals surface area contributed by atoms with E-state index in [1.54, 1.807) is 42.4 Å². The van der Waals surface area contributed by atoms with Gasteiger partial charge in [-0.3, -0.25) is 24.8 Å². The second kappa shape index (κ2) is 12.6. The molecule has 0 bridgehead atoms. The van der Waals surface area contributed by atoms with Crippen molar-refractivity contribution in [3.8, 4) is 5.75 Å². The number of ketones is 1. The van der Waals surface area contributed by atoms with Gasteiger partial charge in [0.2, 0.25) is 23.3 Å². The summed E-state index contributed by atoms with van der Waals surface area (Å²) in [6.07, 6.45) is 5.10. The Morgan fingerprint density at radius 1 is 1.37 bits per heavy atom. The minimum Gasteiger partial charge on any atom is -0.487 e. The van der Waals surface area contributed by atoms with E-state index in [1.165, 1.54) is 6.92 Å². The molecule has 2 aliphatic rings. The predicted molar refractivity (Wildman–Crippen MR) is 149 cm³/mol. The summed E-state index contributed by atoms with van der Waals surface area (Å²) in [4.78, 5) is 43.4. The minimum atomic E-state index is -0.800. The molecule has 2 amide bonds. The fourth-order valence-electron chi connectivity index (χ4n) is 4.37. The second-order valence-corrected chi connectivity index (χ2v) is 11.1. The SMILES string of the molecule is CN=C/C=C(\N)COc1ccc(NCC(=O)N2CCC[C@H]2C(=O)N[C@H](C)[C@H]2CC2(Cl)Cl)c(C(=[NH2+])C(C)=O)c1. The van der Waals surface area contributed by atoms with Crippen LogP contribution in [-0.2, 0) is 14.4 Å². The van der Waals surface area contributed by atoms with Gasteiger partial charge in [0.1, 0.15) is 22.7 Å². The summed E-state index contributed by atoms with van der Waals surface area (Å²) >= 11 is 12.3.